The van der Waals surface area contributed by atoms with Crippen molar-refractivity contribution in [2.45, 2.75) is 32.9 Å². The summed E-state index contributed by atoms with van der Waals surface area (Å²) in [6, 6.07) is 13.5. The van der Waals surface area contributed by atoms with Gasteiger partial charge in [0.05, 0.1) is 27.3 Å². The van der Waals surface area contributed by atoms with Crippen LogP contribution in [0.4, 0.5) is 5.82 Å². The molecule has 1 aliphatic rings. The Labute approximate surface area is 195 Å². The number of allylic oxidation sites excluding steroid dienone is 2. The summed E-state index contributed by atoms with van der Waals surface area (Å²) in [6.07, 6.45) is 1.79. The standard InChI is InChI=1S/C23H20Cl3N5/c1-12(2)30-19-7-5-15(24)11-18(19)29-23(30)21-13(3)28-20-8-9-27-31(20)22(21)14-4-6-16(25)17(26)10-14/h4-12,22,28H,1-3H3. The fourth-order valence-corrected chi connectivity index (χ4v) is 4.74. The van der Waals surface area contributed by atoms with E-state index in [1.165, 1.54) is 0 Å². The Morgan fingerprint density at radius 2 is 1.81 bits per heavy atom. The van der Waals surface area contributed by atoms with Crippen LogP contribution in [0.25, 0.3) is 16.6 Å². The van der Waals surface area contributed by atoms with Crippen molar-refractivity contribution in [2.24, 2.45) is 0 Å². The van der Waals surface area contributed by atoms with E-state index in [2.05, 4.69) is 35.8 Å². The Balaban J connectivity index is 1.80. The summed E-state index contributed by atoms with van der Waals surface area (Å²) in [6.45, 7) is 6.37. The number of hydrogen-bond donors (Lipinski definition) is 1. The largest absolute Gasteiger partial charge is 0.344 e. The third-order valence-corrected chi connectivity index (χ3v) is 6.55. The maximum Gasteiger partial charge on any atom is 0.141 e. The average molecular weight is 473 g/mol. The topological polar surface area (TPSA) is 47.7 Å². The minimum Gasteiger partial charge on any atom is -0.344 e. The second kappa shape index (κ2) is 7.59. The summed E-state index contributed by atoms with van der Waals surface area (Å²) >= 11 is 18.9. The van der Waals surface area contributed by atoms with Crippen LogP contribution in [0.15, 0.2) is 54.4 Å². The van der Waals surface area contributed by atoms with E-state index in [9.17, 15) is 0 Å². The molecule has 2 aromatic heterocycles. The van der Waals surface area contributed by atoms with Gasteiger partial charge in [0.1, 0.15) is 17.7 Å². The molecule has 2 aromatic carbocycles. The highest BCUT2D eigenvalue weighted by Gasteiger charge is 2.33. The first kappa shape index (κ1) is 20.4. The molecular formula is C23H20Cl3N5. The molecule has 0 aliphatic carbocycles. The highest BCUT2D eigenvalue weighted by Crippen LogP contribution is 2.43. The number of rotatable bonds is 3. The molecule has 0 spiro atoms. The fourth-order valence-electron chi connectivity index (χ4n) is 4.27. The molecule has 0 radical (unpaired) electrons. The van der Waals surface area contributed by atoms with Crippen LogP contribution in [0.1, 0.15) is 44.2 Å². The van der Waals surface area contributed by atoms with Gasteiger partial charge in [-0.2, -0.15) is 5.10 Å². The molecule has 5 rings (SSSR count). The van der Waals surface area contributed by atoms with Crippen molar-refractivity contribution in [2.75, 3.05) is 5.32 Å². The van der Waals surface area contributed by atoms with Gasteiger partial charge in [0.15, 0.2) is 0 Å². The lowest BCUT2D eigenvalue weighted by molar-refractivity contribution is 0.581. The van der Waals surface area contributed by atoms with E-state index in [0.29, 0.717) is 15.1 Å². The summed E-state index contributed by atoms with van der Waals surface area (Å²) in [7, 11) is 0. The van der Waals surface area contributed by atoms with Crippen LogP contribution in [0.3, 0.4) is 0 Å². The molecule has 1 N–H and O–H groups in total. The van der Waals surface area contributed by atoms with Gasteiger partial charge in [-0.15, -0.1) is 0 Å². The first-order chi connectivity index (χ1) is 14.8. The third-order valence-electron chi connectivity index (χ3n) is 5.58. The van der Waals surface area contributed by atoms with Crippen molar-refractivity contribution in [1.82, 2.24) is 19.3 Å². The number of aromatic nitrogens is 4. The van der Waals surface area contributed by atoms with Crippen LogP contribution < -0.4 is 5.32 Å². The van der Waals surface area contributed by atoms with Gasteiger partial charge in [-0.1, -0.05) is 40.9 Å². The first-order valence-electron chi connectivity index (χ1n) is 9.99. The lowest BCUT2D eigenvalue weighted by Crippen LogP contribution is -2.25. The maximum atomic E-state index is 6.40. The molecule has 4 aromatic rings. The highest BCUT2D eigenvalue weighted by molar-refractivity contribution is 6.42. The van der Waals surface area contributed by atoms with Crippen molar-refractivity contribution in [3.8, 4) is 0 Å². The Kier molecular flexibility index (Phi) is 5.00. The normalized spacial score (nSPS) is 16.2. The van der Waals surface area contributed by atoms with E-state index in [-0.39, 0.29) is 12.1 Å². The van der Waals surface area contributed by atoms with E-state index in [1.54, 1.807) is 6.20 Å². The summed E-state index contributed by atoms with van der Waals surface area (Å²) in [4.78, 5) is 5.02. The van der Waals surface area contributed by atoms with Crippen LogP contribution >= 0.6 is 34.8 Å². The zero-order valence-electron chi connectivity index (χ0n) is 17.2. The van der Waals surface area contributed by atoms with Gasteiger partial charge in [0.2, 0.25) is 0 Å². The number of anilines is 1. The smallest absolute Gasteiger partial charge is 0.141 e. The summed E-state index contributed by atoms with van der Waals surface area (Å²) in [5, 5.41) is 9.77. The van der Waals surface area contributed by atoms with Gasteiger partial charge in [0, 0.05) is 28.4 Å². The van der Waals surface area contributed by atoms with Crippen LogP contribution in [-0.2, 0) is 0 Å². The van der Waals surface area contributed by atoms with E-state index in [0.717, 1.165) is 39.5 Å². The predicted octanol–water partition coefficient (Wildman–Crippen LogP) is 7.22. The van der Waals surface area contributed by atoms with Gasteiger partial charge >= 0.3 is 0 Å². The van der Waals surface area contributed by atoms with E-state index in [4.69, 9.17) is 39.8 Å². The monoisotopic (exact) mass is 471 g/mol. The average Bonchev–Trinajstić information content (AvgIpc) is 3.32. The van der Waals surface area contributed by atoms with Crippen LogP contribution in [0.5, 0.6) is 0 Å². The Bertz CT molecular complexity index is 1350. The minimum absolute atomic E-state index is 0.190. The highest BCUT2D eigenvalue weighted by atomic mass is 35.5. The zero-order valence-corrected chi connectivity index (χ0v) is 19.5. The molecule has 0 saturated heterocycles. The van der Waals surface area contributed by atoms with Gasteiger partial charge in [0.25, 0.3) is 0 Å². The number of fused-ring (bicyclic) bond motifs is 2. The third kappa shape index (κ3) is 3.32. The molecule has 1 aliphatic heterocycles. The number of nitrogens with zero attached hydrogens (tertiary/aromatic N) is 4. The van der Waals surface area contributed by atoms with Crippen molar-refractivity contribution >= 4 is 57.2 Å². The molecule has 0 fully saturated rings. The first-order valence-corrected chi connectivity index (χ1v) is 11.1. The molecule has 1 atom stereocenters. The number of nitrogens with one attached hydrogen (secondary N) is 1. The van der Waals surface area contributed by atoms with Gasteiger partial charge < -0.3 is 9.88 Å². The predicted molar refractivity (Wildman–Crippen MR) is 128 cm³/mol. The van der Waals surface area contributed by atoms with Crippen molar-refractivity contribution in [3.05, 3.63) is 80.8 Å². The molecule has 5 nitrogen and oxygen atoms in total. The number of halogens is 3. The molecule has 0 bridgehead atoms. The van der Waals surface area contributed by atoms with E-state index < -0.39 is 0 Å². The van der Waals surface area contributed by atoms with Crippen molar-refractivity contribution in [1.29, 1.82) is 0 Å². The molecule has 31 heavy (non-hydrogen) atoms. The lowest BCUT2D eigenvalue weighted by atomic mass is 9.94. The van der Waals surface area contributed by atoms with Crippen molar-refractivity contribution in [3.63, 3.8) is 0 Å². The molecule has 8 heteroatoms. The second-order valence-corrected chi connectivity index (χ2v) is 9.18. The Morgan fingerprint density at radius 1 is 1.00 bits per heavy atom. The fraction of sp³-hybridized carbons (Fsp3) is 0.217. The van der Waals surface area contributed by atoms with E-state index >= 15 is 0 Å². The Morgan fingerprint density at radius 3 is 2.55 bits per heavy atom. The Hall–Kier alpha value is -2.47. The quantitative estimate of drug-likeness (QED) is 0.342. The maximum absolute atomic E-state index is 6.40. The number of hydrogen-bond acceptors (Lipinski definition) is 3. The molecule has 158 valence electrons. The molecule has 0 amide bonds. The van der Waals surface area contributed by atoms with Gasteiger partial charge in [-0.25, -0.2) is 9.67 Å². The number of imidazole rings is 1. The zero-order chi connectivity index (χ0) is 21.9. The van der Waals surface area contributed by atoms with Crippen LogP contribution in [-0.4, -0.2) is 19.3 Å². The van der Waals surface area contributed by atoms with Crippen LogP contribution in [0.2, 0.25) is 15.1 Å². The molecular weight excluding hydrogens is 453 g/mol. The lowest BCUT2D eigenvalue weighted by Gasteiger charge is -2.31. The molecule has 1 unspecified atom stereocenters. The van der Waals surface area contributed by atoms with Crippen LogP contribution in [0, 0.1) is 0 Å². The summed E-state index contributed by atoms with van der Waals surface area (Å²) in [5.74, 6) is 1.78. The second-order valence-electron chi connectivity index (χ2n) is 7.93. The van der Waals surface area contributed by atoms with E-state index in [1.807, 2.05) is 47.1 Å². The molecule has 3 heterocycles. The number of benzene rings is 2. The summed E-state index contributed by atoms with van der Waals surface area (Å²) in [5.41, 5.74) is 4.91. The van der Waals surface area contributed by atoms with Crippen molar-refractivity contribution < 1.29 is 0 Å². The SMILES string of the molecule is CC1=C(c2nc3cc(Cl)ccc3n2C(C)C)C(c2ccc(Cl)c(Cl)c2)n2nccc2N1. The van der Waals surface area contributed by atoms with Gasteiger partial charge in [-0.3, -0.25) is 0 Å². The molecule has 0 saturated carbocycles. The van der Waals surface area contributed by atoms with Gasteiger partial charge in [-0.05, 0) is 56.7 Å². The minimum atomic E-state index is -0.217. The summed E-state index contributed by atoms with van der Waals surface area (Å²) < 4.78 is 4.20.